The van der Waals surface area contributed by atoms with Gasteiger partial charge in [-0.2, -0.15) is 0 Å². The second kappa shape index (κ2) is 7.24. The van der Waals surface area contributed by atoms with Crippen LogP contribution in [-0.4, -0.2) is 20.4 Å². The van der Waals surface area contributed by atoms with Crippen molar-refractivity contribution in [1.29, 1.82) is 0 Å². The fourth-order valence-electron chi connectivity index (χ4n) is 3.33. The summed E-state index contributed by atoms with van der Waals surface area (Å²) in [5, 5.41) is 38.6. The van der Waals surface area contributed by atoms with E-state index in [1.165, 1.54) is 0 Å². The van der Waals surface area contributed by atoms with Crippen LogP contribution in [0.2, 0.25) is 0 Å². The van der Waals surface area contributed by atoms with Gasteiger partial charge in [0.05, 0.1) is 13.2 Å². The van der Waals surface area contributed by atoms with Crippen LogP contribution in [0, 0.1) is 5.92 Å². The van der Waals surface area contributed by atoms with Crippen LogP contribution < -0.4 is 0 Å². The van der Waals surface area contributed by atoms with Crippen LogP contribution in [0.15, 0.2) is 36.4 Å². The molecule has 130 valence electrons. The van der Waals surface area contributed by atoms with Crippen molar-refractivity contribution < 1.29 is 20.4 Å². The van der Waals surface area contributed by atoms with Crippen LogP contribution >= 0.6 is 0 Å². The fraction of sp³-hybridized carbons (Fsp3) is 0.400. The topological polar surface area (TPSA) is 80.9 Å². The number of hydrogen-bond acceptors (Lipinski definition) is 4. The Morgan fingerprint density at radius 1 is 0.833 bits per heavy atom. The van der Waals surface area contributed by atoms with Gasteiger partial charge in [-0.15, -0.1) is 0 Å². The maximum atomic E-state index is 9.85. The highest BCUT2D eigenvalue weighted by molar-refractivity contribution is 5.47. The molecule has 0 aliphatic rings. The zero-order valence-electron chi connectivity index (χ0n) is 14.5. The molecule has 0 heterocycles. The van der Waals surface area contributed by atoms with Gasteiger partial charge in [0.2, 0.25) is 0 Å². The standard InChI is InChI=1S/C20H26O4/c1-13(2)10-20(3,16-4-6-18(23)14(8-16)11-21)17-5-7-19(24)15(9-17)12-22/h4-9,13,21-24H,10-12H2,1-3H3. The van der Waals surface area contributed by atoms with Crippen molar-refractivity contribution >= 4 is 0 Å². The first kappa shape index (κ1) is 18.3. The van der Waals surface area contributed by atoms with E-state index < -0.39 is 0 Å². The van der Waals surface area contributed by atoms with E-state index in [2.05, 4.69) is 20.8 Å². The summed E-state index contributed by atoms with van der Waals surface area (Å²) in [7, 11) is 0. The fourth-order valence-corrected chi connectivity index (χ4v) is 3.33. The minimum Gasteiger partial charge on any atom is -0.508 e. The van der Waals surface area contributed by atoms with Gasteiger partial charge in [-0.25, -0.2) is 0 Å². The Morgan fingerprint density at radius 3 is 1.58 bits per heavy atom. The lowest BCUT2D eigenvalue weighted by Gasteiger charge is -2.33. The highest BCUT2D eigenvalue weighted by Gasteiger charge is 2.31. The molecule has 0 bridgehead atoms. The van der Waals surface area contributed by atoms with E-state index in [1.54, 1.807) is 12.1 Å². The summed E-state index contributed by atoms with van der Waals surface area (Å²) in [5.41, 5.74) is 2.57. The van der Waals surface area contributed by atoms with E-state index in [9.17, 15) is 20.4 Å². The van der Waals surface area contributed by atoms with Gasteiger partial charge >= 0.3 is 0 Å². The lowest BCUT2D eigenvalue weighted by molar-refractivity contribution is 0.275. The van der Waals surface area contributed by atoms with Gasteiger partial charge in [0.1, 0.15) is 11.5 Å². The molecule has 0 saturated carbocycles. The highest BCUT2D eigenvalue weighted by Crippen LogP contribution is 2.40. The van der Waals surface area contributed by atoms with Crippen LogP contribution in [0.25, 0.3) is 0 Å². The maximum Gasteiger partial charge on any atom is 0.121 e. The third kappa shape index (κ3) is 3.55. The van der Waals surface area contributed by atoms with Crippen molar-refractivity contribution in [2.24, 2.45) is 5.92 Å². The minimum atomic E-state index is -0.372. The maximum absolute atomic E-state index is 9.85. The average Bonchev–Trinajstić information content (AvgIpc) is 2.54. The quantitative estimate of drug-likeness (QED) is 0.654. The molecular weight excluding hydrogens is 304 g/mol. The smallest absolute Gasteiger partial charge is 0.121 e. The predicted molar refractivity (Wildman–Crippen MR) is 94.0 cm³/mol. The molecule has 0 radical (unpaired) electrons. The summed E-state index contributed by atoms with van der Waals surface area (Å²) in [6.07, 6.45) is 0.846. The zero-order valence-corrected chi connectivity index (χ0v) is 14.5. The van der Waals surface area contributed by atoms with Gasteiger partial charge in [0.15, 0.2) is 0 Å². The minimum absolute atomic E-state index is 0.0786. The molecule has 0 fully saturated rings. The molecule has 0 saturated heterocycles. The molecular formula is C20H26O4. The molecule has 24 heavy (non-hydrogen) atoms. The van der Waals surface area contributed by atoms with Crippen molar-refractivity contribution in [2.75, 3.05) is 0 Å². The van der Waals surface area contributed by atoms with Crippen LogP contribution in [0.4, 0.5) is 0 Å². The van der Waals surface area contributed by atoms with E-state index in [0.29, 0.717) is 17.0 Å². The lowest BCUT2D eigenvalue weighted by atomic mass is 9.70. The van der Waals surface area contributed by atoms with Gasteiger partial charge < -0.3 is 20.4 Å². The number of phenols is 2. The molecule has 0 aliphatic heterocycles. The predicted octanol–water partition coefficient (Wildman–Crippen LogP) is 3.43. The first-order valence-corrected chi connectivity index (χ1v) is 8.18. The van der Waals surface area contributed by atoms with Crippen molar-refractivity contribution in [3.63, 3.8) is 0 Å². The second-order valence-electron chi connectivity index (χ2n) is 6.93. The van der Waals surface area contributed by atoms with Gasteiger partial charge in [-0.1, -0.05) is 32.9 Å². The Balaban J connectivity index is 2.62. The average molecular weight is 330 g/mol. The summed E-state index contributed by atoms with van der Waals surface area (Å²) in [4.78, 5) is 0. The molecule has 0 aromatic heterocycles. The Labute approximate surface area is 143 Å². The first-order chi connectivity index (χ1) is 11.3. The van der Waals surface area contributed by atoms with Crippen LogP contribution in [-0.2, 0) is 18.6 Å². The van der Waals surface area contributed by atoms with Crippen LogP contribution in [0.5, 0.6) is 11.5 Å². The Morgan fingerprint density at radius 2 is 1.25 bits per heavy atom. The van der Waals surface area contributed by atoms with Gasteiger partial charge in [-0.05, 0) is 47.7 Å². The molecule has 0 spiro atoms. The van der Waals surface area contributed by atoms with Gasteiger partial charge in [0, 0.05) is 16.5 Å². The number of benzene rings is 2. The summed E-state index contributed by atoms with van der Waals surface area (Å²) in [5.74, 6) is 0.567. The number of hydrogen-bond donors (Lipinski definition) is 4. The van der Waals surface area contributed by atoms with Crippen molar-refractivity contribution in [2.45, 2.75) is 45.8 Å². The molecule has 2 aromatic rings. The van der Waals surface area contributed by atoms with Crippen molar-refractivity contribution in [3.05, 3.63) is 58.7 Å². The zero-order chi connectivity index (χ0) is 17.9. The molecule has 0 amide bonds. The largest absolute Gasteiger partial charge is 0.508 e. The van der Waals surface area contributed by atoms with Crippen molar-refractivity contribution in [1.82, 2.24) is 0 Å². The van der Waals surface area contributed by atoms with E-state index in [1.807, 2.05) is 24.3 Å². The molecule has 0 aliphatic carbocycles. The molecule has 4 N–H and O–H groups in total. The first-order valence-electron chi connectivity index (χ1n) is 8.18. The van der Waals surface area contributed by atoms with E-state index in [0.717, 1.165) is 17.5 Å². The molecule has 2 rings (SSSR count). The number of rotatable bonds is 6. The summed E-state index contributed by atoms with van der Waals surface area (Å²) < 4.78 is 0. The van der Waals surface area contributed by atoms with E-state index in [-0.39, 0.29) is 30.1 Å². The van der Waals surface area contributed by atoms with E-state index >= 15 is 0 Å². The summed E-state index contributed by atoms with van der Waals surface area (Å²) in [6.45, 7) is 5.93. The normalized spacial score (nSPS) is 11.9. The van der Waals surface area contributed by atoms with E-state index in [4.69, 9.17) is 0 Å². The molecule has 2 aromatic carbocycles. The second-order valence-corrected chi connectivity index (χ2v) is 6.93. The third-order valence-corrected chi connectivity index (χ3v) is 4.59. The molecule has 0 unspecified atom stereocenters. The monoisotopic (exact) mass is 330 g/mol. The Kier molecular flexibility index (Phi) is 5.52. The third-order valence-electron chi connectivity index (χ3n) is 4.59. The Hall–Kier alpha value is -2.04. The van der Waals surface area contributed by atoms with Crippen LogP contribution in [0.3, 0.4) is 0 Å². The summed E-state index contributed by atoms with van der Waals surface area (Å²) >= 11 is 0. The lowest BCUT2D eigenvalue weighted by Crippen LogP contribution is -2.26. The van der Waals surface area contributed by atoms with Crippen LogP contribution in [0.1, 0.15) is 49.4 Å². The molecule has 4 nitrogen and oxygen atoms in total. The SMILES string of the molecule is CC(C)CC(C)(c1ccc(O)c(CO)c1)c1ccc(O)c(CO)c1. The number of aliphatic hydroxyl groups excluding tert-OH is 2. The summed E-state index contributed by atoms with van der Waals surface area (Å²) in [6, 6.07) is 10.6. The van der Waals surface area contributed by atoms with Crippen molar-refractivity contribution in [3.8, 4) is 11.5 Å². The molecule has 4 heteroatoms. The Bertz CT molecular complexity index is 653. The highest BCUT2D eigenvalue weighted by atomic mass is 16.3. The number of aliphatic hydroxyl groups is 2. The molecule has 0 atom stereocenters. The number of aromatic hydroxyl groups is 2. The van der Waals surface area contributed by atoms with Gasteiger partial charge in [0.25, 0.3) is 0 Å². The van der Waals surface area contributed by atoms with Gasteiger partial charge in [-0.3, -0.25) is 0 Å².